The molecule has 0 fully saturated rings. The fourth-order valence-corrected chi connectivity index (χ4v) is 2.47. The topological polar surface area (TPSA) is 66.6 Å². The van der Waals surface area contributed by atoms with E-state index in [9.17, 15) is 14.3 Å². The number of carboxylic acid groups (broad SMARTS) is 1. The van der Waals surface area contributed by atoms with Gasteiger partial charge in [0.15, 0.2) is 0 Å². The second-order valence-corrected chi connectivity index (χ2v) is 5.59. The minimum absolute atomic E-state index is 0.0907. The van der Waals surface area contributed by atoms with Crippen molar-refractivity contribution in [1.82, 2.24) is 0 Å². The van der Waals surface area contributed by atoms with Gasteiger partial charge in [-0.3, -0.25) is 0 Å². The summed E-state index contributed by atoms with van der Waals surface area (Å²) in [6.07, 6.45) is 0. The van der Waals surface area contributed by atoms with E-state index in [4.69, 9.17) is 5.73 Å². The highest BCUT2D eigenvalue weighted by molar-refractivity contribution is 9.10. The van der Waals surface area contributed by atoms with Crippen LogP contribution in [0.5, 0.6) is 0 Å². The van der Waals surface area contributed by atoms with Gasteiger partial charge in [-0.05, 0) is 36.4 Å². The summed E-state index contributed by atoms with van der Waals surface area (Å²) in [7, 11) is 1.71. The molecule has 0 aliphatic rings. The highest BCUT2D eigenvalue weighted by Gasteiger charge is 2.15. The maximum absolute atomic E-state index is 13.8. The van der Waals surface area contributed by atoms with Gasteiger partial charge >= 0.3 is 5.97 Å². The first kappa shape index (κ1) is 15.3. The van der Waals surface area contributed by atoms with Crippen LogP contribution in [0.1, 0.15) is 15.9 Å². The standard InChI is InChI=1S/C15H14BrFN2O2/c1-19(8-9-6-10(16)2-4-13(9)17)14-5-3-11(18)7-12(14)15(20)21/h2-7H,8,18H2,1H3,(H,20,21). The Balaban J connectivity index is 2.34. The third-order valence-corrected chi connectivity index (χ3v) is 3.57. The van der Waals surface area contributed by atoms with Crippen LogP contribution in [0.2, 0.25) is 0 Å². The van der Waals surface area contributed by atoms with E-state index in [0.29, 0.717) is 16.9 Å². The lowest BCUT2D eigenvalue weighted by Crippen LogP contribution is -2.20. The summed E-state index contributed by atoms with van der Waals surface area (Å²) < 4.78 is 14.6. The highest BCUT2D eigenvalue weighted by Crippen LogP contribution is 2.25. The van der Waals surface area contributed by atoms with Gasteiger partial charge < -0.3 is 15.7 Å². The molecule has 21 heavy (non-hydrogen) atoms. The molecule has 0 atom stereocenters. The van der Waals surface area contributed by atoms with Crippen molar-refractivity contribution in [2.45, 2.75) is 6.54 Å². The predicted molar refractivity (Wildman–Crippen MR) is 84.0 cm³/mol. The van der Waals surface area contributed by atoms with Crippen molar-refractivity contribution < 1.29 is 14.3 Å². The molecule has 0 amide bonds. The predicted octanol–water partition coefficient (Wildman–Crippen LogP) is 3.51. The molecule has 0 saturated heterocycles. The Morgan fingerprint density at radius 3 is 2.71 bits per heavy atom. The molecule has 110 valence electrons. The first-order chi connectivity index (χ1) is 9.88. The van der Waals surface area contributed by atoms with Crippen molar-refractivity contribution in [3.05, 3.63) is 57.8 Å². The Kier molecular flexibility index (Phi) is 4.47. The van der Waals surface area contributed by atoms with Gasteiger partial charge in [0.25, 0.3) is 0 Å². The van der Waals surface area contributed by atoms with E-state index >= 15 is 0 Å². The number of nitrogens with zero attached hydrogens (tertiary/aromatic N) is 1. The largest absolute Gasteiger partial charge is 0.478 e. The molecule has 2 rings (SSSR count). The van der Waals surface area contributed by atoms with Crippen LogP contribution in [0.4, 0.5) is 15.8 Å². The molecule has 0 spiro atoms. The summed E-state index contributed by atoms with van der Waals surface area (Å²) in [4.78, 5) is 13.0. The molecule has 0 saturated carbocycles. The van der Waals surface area contributed by atoms with Crippen molar-refractivity contribution >= 4 is 33.3 Å². The van der Waals surface area contributed by atoms with Gasteiger partial charge in [-0.2, -0.15) is 0 Å². The van der Waals surface area contributed by atoms with Crippen LogP contribution in [0, 0.1) is 5.82 Å². The SMILES string of the molecule is CN(Cc1cc(Br)ccc1F)c1ccc(N)cc1C(=O)O. The number of benzene rings is 2. The Labute approximate surface area is 130 Å². The monoisotopic (exact) mass is 352 g/mol. The van der Waals surface area contributed by atoms with Crippen molar-refractivity contribution in [3.63, 3.8) is 0 Å². The molecule has 0 aliphatic heterocycles. The molecule has 0 aromatic heterocycles. The molecule has 6 heteroatoms. The lowest BCUT2D eigenvalue weighted by molar-refractivity contribution is 0.0697. The molecular weight excluding hydrogens is 339 g/mol. The number of aromatic carboxylic acids is 1. The van der Waals surface area contributed by atoms with E-state index in [1.807, 2.05) is 0 Å². The van der Waals surface area contributed by atoms with E-state index in [2.05, 4.69) is 15.9 Å². The van der Waals surface area contributed by atoms with Crippen molar-refractivity contribution in [1.29, 1.82) is 0 Å². The molecule has 0 aliphatic carbocycles. The van der Waals surface area contributed by atoms with Gasteiger partial charge in [0.05, 0.1) is 11.3 Å². The van der Waals surface area contributed by atoms with Gasteiger partial charge in [0.2, 0.25) is 0 Å². The van der Waals surface area contributed by atoms with E-state index in [0.717, 1.165) is 4.47 Å². The second kappa shape index (κ2) is 6.13. The fraction of sp³-hybridized carbons (Fsp3) is 0.133. The Morgan fingerprint density at radius 2 is 2.05 bits per heavy atom. The van der Waals surface area contributed by atoms with Gasteiger partial charge in [-0.1, -0.05) is 15.9 Å². The number of hydrogen-bond acceptors (Lipinski definition) is 3. The minimum Gasteiger partial charge on any atom is -0.478 e. The zero-order valence-electron chi connectivity index (χ0n) is 11.3. The number of halogens is 2. The zero-order valence-corrected chi connectivity index (χ0v) is 12.9. The summed E-state index contributed by atoms with van der Waals surface area (Å²) in [5.41, 5.74) is 7.03. The van der Waals surface area contributed by atoms with Crippen molar-refractivity contribution in [2.75, 3.05) is 17.7 Å². The van der Waals surface area contributed by atoms with Crippen molar-refractivity contribution in [3.8, 4) is 0 Å². The molecule has 0 heterocycles. The summed E-state index contributed by atoms with van der Waals surface area (Å²) in [5, 5.41) is 9.24. The fourth-order valence-electron chi connectivity index (χ4n) is 2.06. The molecule has 0 bridgehead atoms. The lowest BCUT2D eigenvalue weighted by atomic mass is 10.1. The van der Waals surface area contributed by atoms with Gasteiger partial charge in [0, 0.05) is 29.3 Å². The number of carbonyl (C=O) groups is 1. The van der Waals surface area contributed by atoms with Crippen LogP contribution in [-0.2, 0) is 6.54 Å². The second-order valence-electron chi connectivity index (χ2n) is 4.67. The number of nitrogens with two attached hydrogens (primary N) is 1. The summed E-state index contributed by atoms with van der Waals surface area (Å²) in [6, 6.07) is 9.29. The normalized spacial score (nSPS) is 10.4. The average Bonchev–Trinajstić information content (AvgIpc) is 2.42. The molecule has 4 nitrogen and oxygen atoms in total. The quantitative estimate of drug-likeness (QED) is 0.826. The van der Waals surface area contributed by atoms with Gasteiger partial charge in [-0.25, -0.2) is 9.18 Å². The van der Waals surface area contributed by atoms with Crippen LogP contribution in [0.25, 0.3) is 0 Å². The number of anilines is 2. The van der Waals surface area contributed by atoms with Crippen LogP contribution in [-0.4, -0.2) is 18.1 Å². The zero-order chi connectivity index (χ0) is 15.6. The van der Waals surface area contributed by atoms with Crippen LogP contribution >= 0.6 is 15.9 Å². The van der Waals surface area contributed by atoms with E-state index in [-0.39, 0.29) is 17.9 Å². The van der Waals surface area contributed by atoms with E-state index in [1.165, 1.54) is 12.1 Å². The van der Waals surface area contributed by atoms with Crippen LogP contribution in [0.3, 0.4) is 0 Å². The number of carboxylic acids is 1. The maximum Gasteiger partial charge on any atom is 0.337 e. The first-order valence-corrected chi connectivity index (χ1v) is 6.95. The first-order valence-electron chi connectivity index (χ1n) is 6.16. The third kappa shape index (κ3) is 3.52. The summed E-state index contributed by atoms with van der Waals surface area (Å²) in [6.45, 7) is 0.246. The molecule has 2 aromatic carbocycles. The minimum atomic E-state index is -1.07. The molecular formula is C15H14BrFN2O2. The summed E-state index contributed by atoms with van der Waals surface area (Å²) in [5.74, 6) is -1.41. The van der Waals surface area contributed by atoms with Gasteiger partial charge in [0.1, 0.15) is 5.82 Å². The lowest BCUT2D eigenvalue weighted by Gasteiger charge is -2.22. The van der Waals surface area contributed by atoms with E-state index in [1.54, 1.807) is 36.2 Å². The maximum atomic E-state index is 13.8. The Morgan fingerprint density at radius 1 is 1.33 bits per heavy atom. The van der Waals surface area contributed by atoms with Crippen LogP contribution < -0.4 is 10.6 Å². The van der Waals surface area contributed by atoms with Crippen molar-refractivity contribution in [2.24, 2.45) is 0 Å². The number of hydrogen-bond donors (Lipinski definition) is 2. The molecule has 2 aromatic rings. The number of rotatable bonds is 4. The smallest absolute Gasteiger partial charge is 0.337 e. The third-order valence-electron chi connectivity index (χ3n) is 3.08. The highest BCUT2D eigenvalue weighted by atomic mass is 79.9. The van der Waals surface area contributed by atoms with Gasteiger partial charge in [-0.15, -0.1) is 0 Å². The molecule has 0 unspecified atom stereocenters. The molecule has 3 N–H and O–H groups in total. The van der Waals surface area contributed by atoms with Crippen LogP contribution in [0.15, 0.2) is 40.9 Å². The molecule has 0 radical (unpaired) electrons. The van der Waals surface area contributed by atoms with E-state index < -0.39 is 5.97 Å². The Hall–Kier alpha value is -2.08. The summed E-state index contributed by atoms with van der Waals surface area (Å²) >= 11 is 3.29. The number of nitrogen functional groups attached to an aromatic ring is 1. The Bertz CT molecular complexity index is 691. The average molecular weight is 353 g/mol.